The maximum Gasteiger partial charge on any atom is 0.254 e. The van der Waals surface area contributed by atoms with Crippen LogP contribution >= 0.6 is 0 Å². The molecule has 1 N–H and O–H groups in total. The highest BCUT2D eigenvalue weighted by Gasteiger charge is 2.21. The van der Waals surface area contributed by atoms with Gasteiger partial charge in [0.05, 0.1) is 11.8 Å². The molecule has 2 rings (SSSR count). The van der Waals surface area contributed by atoms with Gasteiger partial charge in [0.25, 0.3) is 5.91 Å². The van der Waals surface area contributed by atoms with E-state index in [-0.39, 0.29) is 5.91 Å². The summed E-state index contributed by atoms with van der Waals surface area (Å²) >= 11 is 0. The van der Waals surface area contributed by atoms with Gasteiger partial charge in [-0.2, -0.15) is 5.10 Å². The number of nitrogens with zero attached hydrogens (tertiary/aromatic N) is 3. The van der Waals surface area contributed by atoms with Crippen molar-refractivity contribution in [1.29, 1.82) is 0 Å². The van der Waals surface area contributed by atoms with Gasteiger partial charge in [0.1, 0.15) is 0 Å². The first-order valence-electron chi connectivity index (χ1n) is 7.50. The normalized spacial score (nSPS) is 21.7. The minimum Gasteiger partial charge on any atom is -0.350 e. The Labute approximate surface area is 121 Å². The summed E-state index contributed by atoms with van der Waals surface area (Å²) in [7, 11) is 1.85. The van der Waals surface area contributed by atoms with Gasteiger partial charge >= 0.3 is 0 Å². The van der Waals surface area contributed by atoms with Crippen molar-refractivity contribution in [2.45, 2.75) is 39.7 Å². The lowest BCUT2D eigenvalue weighted by Gasteiger charge is -2.35. The van der Waals surface area contributed by atoms with E-state index in [2.05, 4.69) is 29.2 Å². The maximum atomic E-state index is 12.1. The molecular formula is C15H26N4O. The van der Waals surface area contributed by atoms with Crippen LogP contribution in [0, 0.1) is 12.8 Å². The molecule has 1 aliphatic rings. The summed E-state index contributed by atoms with van der Waals surface area (Å²) in [6.45, 7) is 9.39. The Kier molecular flexibility index (Phi) is 4.81. The van der Waals surface area contributed by atoms with Gasteiger partial charge in [-0.1, -0.05) is 6.92 Å². The quantitative estimate of drug-likeness (QED) is 0.909. The Hall–Kier alpha value is -1.36. The van der Waals surface area contributed by atoms with Gasteiger partial charge < -0.3 is 5.32 Å². The standard InChI is InChI=1S/C15H26N4O/c1-11-6-5-7-19(10-11)12(2)8-16-15(20)14-9-17-18(4)13(14)3/h9,11-12H,5-8,10H2,1-4H3,(H,16,20)/t11-,12+/m1/s1. The number of hydrogen-bond acceptors (Lipinski definition) is 3. The molecule has 1 aromatic heterocycles. The fourth-order valence-electron chi connectivity index (χ4n) is 2.81. The molecule has 1 aromatic rings. The van der Waals surface area contributed by atoms with Crippen LogP contribution in [0.5, 0.6) is 0 Å². The van der Waals surface area contributed by atoms with Gasteiger partial charge in [-0.15, -0.1) is 0 Å². The highest BCUT2D eigenvalue weighted by molar-refractivity contribution is 5.95. The first kappa shape index (κ1) is 15.0. The second-order valence-corrected chi connectivity index (χ2v) is 6.07. The van der Waals surface area contributed by atoms with E-state index in [0.29, 0.717) is 18.2 Å². The monoisotopic (exact) mass is 278 g/mol. The zero-order valence-corrected chi connectivity index (χ0v) is 13.0. The van der Waals surface area contributed by atoms with Crippen LogP contribution in [0.4, 0.5) is 0 Å². The molecule has 112 valence electrons. The van der Waals surface area contributed by atoms with Crippen molar-refractivity contribution in [2.75, 3.05) is 19.6 Å². The molecule has 2 atom stereocenters. The van der Waals surface area contributed by atoms with Gasteiger partial charge in [-0.05, 0) is 39.2 Å². The molecule has 1 fully saturated rings. The summed E-state index contributed by atoms with van der Waals surface area (Å²) in [5.74, 6) is 0.745. The van der Waals surface area contributed by atoms with Crippen molar-refractivity contribution in [3.05, 3.63) is 17.5 Å². The average molecular weight is 278 g/mol. The predicted molar refractivity (Wildman–Crippen MR) is 79.7 cm³/mol. The van der Waals surface area contributed by atoms with Gasteiger partial charge in [-0.25, -0.2) is 0 Å². The Morgan fingerprint density at radius 3 is 2.95 bits per heavy atom. The molecule has 0 bridgehead atoms. The van der Waals surface area contributed by atoms with Crippen LogP contribution in [-0.4, -0.2) is 46.3 Å². The summed E-state index contributed by atoms with van der Waals surface area (Å²) in [6.07, 6.45) is 4.23. The topological polar surface area (TPSA) is 50.2 Å². The Bertz CT molecular complexity index is 468. The van der Waals surface area contributed by atoms with Crippen LogP contribution in [0.1, 0.15) is 42.7 Å². The summed E-state index contributed by atoms with van der Waals surface area (Å²) < 4.78 is 1.73. The third-order valence-electron chi connectivity index (χ3n) is 4.35. The number of amides is 1. The molecule has 0 unspecified atom stereocenters. The molecule has 0 spiro atoms. The second-order valence-electron chi connectivity index (χ2n) is 6.07. The summed E-state index contributed by atoms with van der Waals surface area (Å²) in [4.78, 5) is 14.6. The lowest BCUT2D eigenvalue weighted by Crippen LogP contribution is -2.46. The van der Waals surface area contributed by atoms with Crippen LogP contribution < -0.4 is 5.32 Å². The largest absolute Gasteiger partial charge is 0.350 e. The average Bonchev–Trinajstić information content (AvgIpc) is 2.76. The van der Waals surface area contributed by atoms with E-state index in [4.69, 9.17) is 0 Å². The van der Waals surface area contributed by atoms with Crippen LogP contribution in [0.25, 0.3) is 0 Å². The number of piperidine rings is 1. The van der Waals surface area contributed by atoms with Gasteiger partial charge in [0.2, 0.25) is 0 Å². The van der Waals surface area contributed by atoms with Gasteiger partial charge in [-0.3, -0.25) is 14.4 Å². The molecule has 5 heteroatoms. The fraction of sp³-hybridized carbons (Fsp3) is 0.733. The number of aryl methyl sites for hydroxylation is 1. The Morgan fingerprint density at radius 1 is 1.60 bits per heavy atom. The molecule has 0 saturated carbocycles. The van der Waals surface area contributed by atoms with Crippen molar-refractivity contribution >= 4 is 5.91 Å². The van der Waals surface area contributed by atoms with E-state index >= 15 is 0 Å². The van der Waals surface area contributed by atoms with Crippen molar-refractivity contribution in [3.8, 4) is 0 Å². The highest BCUT2D eigenvalue weighted by Crippen LogP contribution is 2.17. The minimum absolute atomic E-state index is 0.0208. The molecule has 1 saturated heterocycles. The SMILES string of the molecule is Cc1c(C(=O)NC[C@H](C)N2CCC[C@@H](C)C2)cnn1C. The molecule has 0 aliphatic carbocycles. The smallest absolute Gasteiger partial charge is 0.254 e. The first-order chi connectivity index (χ1) is 9.49. The number of likely N-dealkylation sites (tertiary alicyclic amines) is 1. The molecule has 2 heterocycles. The third-order valence-corrected chi connectivity index (χ3v) is 4.35. The molecule has 20 heavy (non-hydrogen) atoms. The maximum absolute atomic E-state index is 12.1. The van der Waals surface area contributed by atoms with E-state index in [0.717, 1.165) is 24.7 Å². The highest BCUT2D eigenvalue weighted by atomic mass is 16.1. The molecule has 1 amide bonds. The van der Waals surface area contributed by atoms with Crippen molar-refractivity contribution in [2.24, 2.45) is 13.0 Å². The minimum atomic E-state index is -0.0208. The summed E-state index contributed by atoms with van der Waals surface area (Å²) in [5.41, 5.74) is 1.58. The number of hydrogen-bond donors (Lipinski definition) is 1. The number of rotatable bonds is 4. The van der Waals surface area contributed by atoms with Gasteiger partial charge in [0.15, 0.2) is 0 Å². The van der Waals surface area contributed by atoms with E-state index in [1.807, 2.05) is 14.0 Å². The summed E-state index contributed by atoms with van der Waals surface area (Å²) in [6, 6.07) is 0.388. The Balaban J connectivity index is 1.85. The van der Waals surface area contributed by atoms with E-state index in [1.165, 1.54) is 12.8 Å². The second kappa shape index (κ2) is 6.39. The van der Waals surface area contributed by atoms with E-state index < -0.39 is 0 Å². The van der Waals surface area contributed by atoms with Gasteiger partial charge in [0, 0.05) is 31.9 Å². The molecule has 1 aliphatic heterocycles. The Morgan fingerprint density at radius 2 is 2.35 bits per heavy atom. The van der Waals surface area contributed by atoms with Crippen molar-refractivity contribution in [1.82, 2.24) is 20.0 Å². The lowest BCUT2D eigenvalue weighted by molar-refractivity contribution is 0.0917. The zero-order chi connectivity index (χ0) is 14.7. The van der Waals surface area contributed by atoms with Crippen LogP contribution in [0.2, 0.25) is 0 Å². The molecule has 0 radical (unpaired) electrons. The van der Waals surface area contributed by atoms with Crippen LogP contribution in [0.3, 0.4) is 0 Å². The van der Waals surface area contributed by atoms with E-state index in [9.17, 15) is 4.79 Å². The molecule has 0 aromatic carbocycles. The lowest BCUT2D eigenvalue weighted by atomic mass is 9.99. The summed E-state index contributed by atoms with van der Waals surface area (Å²) in [5, 5.41) is 7.14. The number of carbonyl (C=O) groups is 1. The third kappa shape index (κ3) is 3.39. The fourth-order valence-corrected chi connectivity index (χ4v) is 2.81. The van der Waals surface area contributed by atoms with Crippen molar-refractivity contribution in [3.63, 3.8) is 0 Å². The van der Waals surface area contributed by atoms with Crippen LogP contribution in [-0.2, 0) is 7.05 Å². The molecule has 5 nitrogen and oxygen atoms in total. The number of nitrogens with one attached hydrogen (secondary N) is 1. The molecular weight excluding hydrogens is 252 g/mol. The van der Waals surface area contributed by atoms with E-state index in [1.54, 1.807) is 10.9 Å². The van der Waals surface area contributed by atoms with Crippen molar-refractivity contribution < 1.29 is 4.79 Å². The zero-order valence-electron chi connectivity index (χ0n) is 13.0. The van der Waals surface area contributed by atoms with Crippen LogP contribution in [0.15, 0.2) is 6.20 Å². The predicted octanol–water partition coefficient (Wildman–Crippen LogP) is 1.58. The number of carbonyl (C=O) groups excluding carboxylic acids is 1. The number of aromatic nitrogens is 2. The first-order valence-corrected chi connectivity index (χ1v) is 7.50.